The number of nitrogens with zero attached hydrogens (tertiary/aromatic N) is 1. The molecule has 1 nitrogen and oxygen atoms in total. The van der Waals surface area contributed by atoms with Gasteiger partial charge in [-0.2, -0.15) is 74.6 Å². The van der Waals surface area contributed by atoms with Crippen molar-refractivity contribution in [1.82, 2.24) is 0 Å². The van der Waals surface area contributed by atoms with Gasteiger partial charge in [0.2, 0.25) is 0 Å². The van der Waals surface area contributed by atoms with Crippen molar-refractivity contribution in [2.24, 2.45) is 0 Å². The molecule has 0 aliphatic heterocycles. The molecule has 0 unspecified atom stereocenters. The minimum Gasteiger partial charge on any atom is -0.326 e. The molecule has 0 amide bonds. The van der Waals surface area contributed by atoms with Crippen molar-refractivity contribution in [1.29, 1.82) is 0 Å². The molecule has 0 aromatic rings. The first-order valence-electron chi connectivity index (χ1n) is 8.63. The van der Waals surface area contributed by atoms with Crippen molar-refractivity contribution in [3.05, 3.63) is 0 Å². The molecule has 0 aromatic carbocycles. The lowest BCUT2D eigenvalue weighted by Crippen LogP contribution is -2.74. The highest BCUT2D eigenvalue weighted by Crippen LogP contribution is 2.64. The van der Waals surface area contributed by atoms with E-state index in [1.165, 1.54) is 13.8 Å². The Balaban J connectivity index is 6.53. The van der Waals surface area contributed by atoms with Crippen molar-refractivity contribution in [2.45, 2.75) is 67.9 Å². The largest absolute Gasteiger partial charge is 0.460 e. The van der Waals surface area contributed by atoms with Crippen LogP contribution < -0.4 is 0 Å². The fourth-order valence-corrected chi connectivity index (χ4v) is 2.30. The topological polar surface area (TPSA) is 0 Å². The summed E-state index contributed by atoms with van der Waals surface area (Å²) in [4.78, 5) is 0. The number of hydrogen-bond donors (Lipinski definition) is 0. The fourth-order valence-electron chi connectivity index (χ4n) is 2.30. The minimum absolute atomic E-state index is 0.110. The number of alkyl halides is 17. The van der Waals surface area contributed by atoms with Crippen molar-refractivity contribution in [2.75, 3.05) is 26.7 Å². The van der Waals surface area contributed by atoms with E-state index in [2.05, 4.69) is 0 Å². The average molecular weight is 534 g/mol. The molecule has 0 aliphatic carbocycles. The Morgan fingerprint density at radius 1 is 0.455 bits per heavy atom. The molecule has 18 heteroatoms. The van der Waals surface area contributed by atoms with Crippen molar-refractivity contribution in [3.63, 3.8) is 0 Å². The van der Waals surface area contributed by atoms with Crippen LogP contribution in [0.15, 0.2) is 0 Å². The summed E-state index contributed by atoms with van der Waals surface area (Å²) in [7, 11) is 1.11. The fraction of sp³-hybridized carbons (Fsp3) is 1.00. The highest BCUT2D eigenvalue weighted by atomic mass is 19.4. The van der Waals surface area contributed by atoms with Crippen LogP contribution >= 0.6 is 0 Å². The highest BCUT2D eigenvalue weighted by molar-refractivity contribution is 5.15. The van der Waals surface area contributed by atoms with Gasteiger partial charge in [0.25, 0.3) is 0 Å². The number of quaternary nitrogens is 1. The summed E-state index contributed by atoms with van der Waals surface area (Å²) in [6, 6.07) is 0. The molecule has 0 saturated heterocycles. The molecule has 0 aliphatic rings. The van der Waals surface area contributed by atoms with E-state index in [1.54, 1.807) is 0 Å². The zero-order chi connectivity index (χ0) is 27.3. The van der Waals surface area contributed by atoms with Gasteiger partial charge in [0.15, 0.2) is 0 Å². The van der Waals surface area contributed by atoms with Gasteiger partial charge in [-0.25, -0.2) is 0 Å². The van der Waals surface area contributed by atoms with E-state index < -0.39 is 65.1 Å². The van der Waals surface area contributed by atoms with Gasteiger partial charge in [0, 0.05) is 0 Å². The van der Waals surface area contributed by atoms with Crippen molar-refractivity contribution in [3.8, 4) is 0 Å². The van der Waals surface area contributed by atoms with Gasteiger partial charge >= 0.3 is 47.6 Å². The lowest BCUT2D eigenvalue weighted by atomic mass is 9.88. The normalized spacial score (nSPS) is 16.4. The molecule has 0 spiro atoms. The summed E-state index contributed by atoms with van der Waals surface area (Å²) in [5, 5.41) is 0. The SMILES string of the molecule is CC[N+](C)(CC)CCC(F)(F)C(F)(F)C(F)(F)C(F)(F)C(F)(F)C(F)(F)C(F)(F)C(F)(F)F. The Labute approximate surface area is 175 Å². The second-order valence-electron chi connectivity index (χ2n) is 7.37. The maximum absolute atomic E-state index is 13.8. The van der Waals surface area contributed by atoms with Crippen LogP contribution in [0.1, 0.15) is 20.3 Å². The molecular weight excluding hydrogens is 517 g/mol. The van der Waals surface area contributed by atoms with Crippen molar-refractivity contribution < 1.29 is 79.1 Å². The zero-order valence-corrected chi connectivity index (χ0v) is 16.7. The van der Waals surface area contributed by atoms with E-state index in [0.717, 1.165) is 7.05 Å². The Kier molecular flexibility index (Phi) is 8.15. The van der Waals surface area contributed by atoms with Crippen LogP contribution in [0, 0.1) is 0 Å². The number of rotatable bonds is 11. The summed E-state index contributed by atoms with van der Waals surface area (Å²) in [5.41, 5.74) is 0. The second-order valence-corrected chi connectivity index (χ2v) is 7.37. The van der Waals surface area contributed by atoms with Crippen LogP contribution in [0.3, 0.4) is 0 Å². The van der Waals surface area contributed by atoms with Crippen LogP contribution in [-0.2, 0) is 0 Å². The van der Waals surface area contributed by atoms with E-state index in [4.69, 9.17) is 0 Å². The van der Waals surface area contributed by atoms with E-state index in [0.29, 0.717) is 0 Å². The molecule has 0 fully saturated rings. The van der Waals surface area contributed by atoms with E-state index >= 15 is 0 Å². The predicted octanol–water partition coefficient (Wildman–Crippen LogP) is 6.87. The molecule has 200 valence electrons. The lowest BCUT2D eigenvalue weighted by Gasteiger charge is -2.43. The van der Waals surface area contributed by atoms with E-state index in [-0.39, 0.29) is 13.1 Å². The summed E-state index contributed by atoms with van der Waals surface area (Å²) in [6.07, 6.45) is -10.1. The zero-order valence-electron chi connectivity index (χ0n) is 16.7. The molecule has 0 N–H and O–H groups in total. The van der Waals surface area contributed by atoms with Gasteiger partial charge in [0.1, 0.15) is 0 Å². The van der Waals surface area contributed by atoms with E-state index in [1.807, 2.05) is 0 Å². The molecule has 0 rings (SSSR count). The summed E-state index contributed by atoms with van der Waals surface area (Å²) >= 11 is 0. The first-order chi connectivity index (χ1) is 14.1. The summed E-state index contributed by atoms with van der Waals surface area (Å²) < 4.78 is 223. The van der Waals surface area contributed by atoms with Crippen LogP contribution in [0.25, 0.3) is 0 Å². The van der Waals surface area contributed by atoms with Gasteiger partial charge in [-0.1, -0.05) is 0 Å². The molecule has 0 bridgehead atoms. The molecule has 0 heterocycles. The van der Waals surface area contributed by atoms with Crippen LogP contribution in [-0.4, -0.2) is 78.8 Å². The maximum Gasteiger partial charge on any atom is 0.460 e. The first-order valence-corrected chi connectivity index (χ1v) is 8.63. The van der Waals surface area contributed by atoms with Gasteiger partial charge in [-0.05, 0) is 13.8 Å². The predicted molar refractivity (Wildman–Crippen MR) is 77.4 cm³/mol. The molecule has 0 saturated carbocycles. The molecule has 33 heavy (non-hydrogen) atoms. The number of halogens is 17. The van der Waals surface area contributed by atoms with Crippen LogP contribution in [0.4, 0.5) is 74.6 Å². The first kappa shape index (κ1) is 31.8. The quantitative estimate of drug-likeness (QED) is 0.201. The van der Waals surface area contributed by atoms with Gasteiger partial charge < -0.3 is 4.48 Å². The lowest BCUT2D eigenvalue weighted by molar-refractivity contribution is -0.907. The van der Waals surface area contributed by atoms with Gasteiger partial charge in [-0.15, -0.1) is 0 Å². The Bertz CT molecular complexity index is 674. The van der Waals surface area contributed by atoms with Crippen LogP contribution in [0.2, 0.25) is 0 Å². The second kappa shape index (κ2) is 8.46. The minimum atomic E-state index is -8.58. The summed E-state index contributed by atoms with van der Waals surface area (Å²) in [5.74, 6) is -55.8. The third-order valence-electron chi connectivity index (χ3n) is 5.28. The smallest absolute Gasteiger partial charge is 0.326 e. The van der Waals surface area contributed by atoms with Gasteiger partial charge in [0.05, 0.1) is 33.1 Å². The molecular formula is C15H17F17N+. The standard InChI is InChI=1S/C15H17F17N/c1-4-33(3,5-2)7-6-8(16,17)9(18,19)10(20,21)11(22,23)12(24,25)13(26,27)14(28,29)15(30,31)32/h4-7H2,1-3H3/q+1. The van der Waals surface area contributed by atoms with E-state index in [9.17, 15) is 74.6 Å². The molecule has 0 radical (unpaired) electrons. The monoisotopic (exact) mass is 534 g/mol. The number of hydrogen-bond acceptors (Lipinski definition) is 0. The van der Waals surface area contributed by atoms with Gasteiger partial charge in [-0.3, -0.25) is 0 Å². The average Bonchev–Trinajstić information content (AvgIpc) is 2.64. The maximum atomic E-state index is 13.8. The Hall–Kier alpha value is -1.23. The van der Waals surface area contributed by atoms with Crippen molar-refractivity contribution >= 4 is 0 Å². The molecule has 0 atom stereocenters. The third-order valence-corrected chi connectivity index (χ3v) is 5.28. The Morgan fingerprint density at radius 3 is 1.00 bits per heavy atom. The Morgan fingerprint density at radius 2 is 0.727 bits per heavy atom. The third kappa shape index (κ3) is 4.56. The summed E-state index contributed by atoms with van der Waals surface area (Å²) in [6.45, 7) is 1.22. The molecule has 0 aromatic heterocycles. The van der Waals surface area contributed by atoms with Crippen LogP contribution in [0.5, 0.6) is 0 Å². The highest BCUT2D eigenvalue weighted by Gasteiger charge is 2.95.